The van der Waals surface area contributed by atoms with Gasteiger partial charge in [0.25, 0.3) is 5.56 Å². The molecule has 0 atom stereocenters. The van der Waals surface area contributed by atoms with Crippen molar-refractivity contribution < 1.29 is 0 Å². The summed E-state index contributed by atoms with van der Waals surface area (Å²) in [6.45, 7) is 5.49. The van der Waals surface area contributed by atoms with E-state index in [-0.39, 0.29) is 5.56 Å². The summed E-state index contributed by atoms with van der Waals surface area (Å²) in [5, 5.41) is 4.30. The van der Waals surface area contributed by atoms with Gasteiger partial charge >= 0.3 is 0 Å². The lowest BCUT2D eigenvalue weighted by Gasteiger charge is -2.39. The summed E-state index contributed by atoms with van der Waals surface area (Å²) in [5.74, 6) is 2.10. The maximum absolute atomic E-state index is 11.8. The van der Waals surface area contributed by atoms with Gasteiger partial charge in [0.05, 0.1) is 12.2 Å². The third-order valence-corrected chi connectivity index (χ3v) is 4.54. The number of likely N-dealkylation sites (tertiary alicyclic amines) is 1. The Morgan fingerprint density at radius 3 is 2.61 bits per heavy atom. The van der Waals surface area contributed by atoms with E-state index in [9.17, 15) is 4.79 Å². The molecule has 0 unspecified atom stereocenters. The van der Waals surface area contributed by atoms with Crippen molar-refractivity contribution in [2.45, 2.75) is 38.8 Å². The first-order valence-electron chi connectivity index (χ1n) is 8.25. The van der Waals surface area contributed by atoms with Crippen LogP contribution in [0.4, 0.5) is 0 Å². The largest absolute Gasteiger partial charge is 0.298 e. The number of hydrogen-bond donors (Lipinski definition) is 0. The number of rotatable bonds is 5. The molecular weight excluding hydrogens is 290 g/mol. The molecule has 0 N–H and O–H groups in total. The van der Waals surface area contributed by atoms with E-state index in [4.69, 9.17) is 0 Å². The molecular formula is C17H21N5O. The molecule has 2 aromatic rings. The van der Waals surface area contributed by atoms with Crippen LogP contribution in [0, 0.1) is 12.8 Å². The average molecular weight is 311 g/mol. The van der Waals surface area contributed by atoms with E-state index >= 15 is 0 Å². The van der Waals surface area contributed by atoms with Crippen molar-refractivity contribution in [1.29, 1.82) is 0 Å². The zero-order chi connectivity index (χ0) is 15.8. The Hall–Kier alpha value is -2.08. The Labute approximate surface area is 135 Å². The van der Waals surface area contributed by atoms with Gasteiger partial charge in [0.15, 0.2) is 0 Å². The minimum Gasteiger partial charge on any atom is -0.298 e. The van der Waals surface area contributed by atoms with Crippen LogP contribution in [0.3, 0.4) is 0 Å². The fourth-order valence-electron chi connectivity index (χ4n) is 3.10. The molecule has 1 saturated carbocycles. The highest BCUT2D eigenvalue weighted by atomic mass is 16.1. The molecule has 0 bridgehead atoms. The van der Waals surface area contributed by atoms with Crippen LogP contribution in [0.2, 0.25) is 0 Å². The van der Waals surface area contributed by atoms with Gasteiger partial charge in [-0.2, -0.15) is 5.10 Å². The molecule has 0 aromatic carbocycles. The molecule has 0 amide bonds. The normalized spacial score (nSPS) is 18.8. The molecule has 0 spiro atoms. The lowest BCUT2D eigenvalue weighted by molar-refractivity contribution is 0.0763. The molecule has 2 aliphatic rings. The van der Waals surface area contributed by atoms with Gasteiger partial charge in [-0.3, -0.25) is 9.69 Å². The Kier molecular flexibility index (Phi) is 3.69. The molecule has 3 heterocycles. The van der Waals surface area contributed by atoms with Crippen molar-refractivity contribution in [3.63, 3.8) is 0 Å². The lowest BCUT2D eigenvalue weighted by atomic mass is 9.99. The third-order valence-electron chi connectivity index (χ3n) is 4.54. The molecule has 120 valence electrons. The number of hydrogen-bond acceptors (Lipinski definition) is 5. The van der Waals surface area contributed by atoms with Gasteiger partial charge in [-0.25, -0.2) is 14.6 Å². The first kappa shape index (κ1) is 14.5. The Morgan fingerprint density at radius 2 is 1.91 bits per heavy atom. The summed E-state index contributed by atoms with van der Waals surface area (Å²) in [4.78, 5) is 23.1. The van der Waals surface area contributed by atoms with Gasteiger partial charge in [-0.15, -0.1) is 0 Å². The second kappa shape index (κ2) is 5.85. The number of aryl methyl sites for hydroxylation is 1. The average Bonchev–Trinajstić information content (AvgIpc) is 3.34. The van der Waals surface area contributed by atoms with Crippen LogP contribution in [0.1, 0.15) is 35.8 Å². The standard InChI is InChI=1S/C17H21N5O/c1-12-2-5-16(23)22(20-12)11-14-9-21(10-14)8-13-6-18-17(19-7-13)15-3-4-15/h2,5-7,14-15H,3-4,8-11H2,1H3. The second-order valence-corrected chi connectivity index (χ2v) is 6.78. The summed E-state index contributed by atoms with van der Waals surface area (Å²) in [5.41, 5.74) is 2.03. The van der Waals surface area contributed by atoms with Crippen molar-refractivity contribution in [1.82, 2.24) is 24.6 Å². The van der Waals surface area contributed by atoms with Crippen molar-refractivity contribution in [2.24, 2.45) is 5.92 Å². The first-order valence-corrected chi connectivity index (χ1v) is 8.25. The molecule has 1 aliphatic carbocycles. The van der Waals surface area contributed by atoms with Gasteiger partial charge < -0.3 is 0 Å². The predicted molar refractivity (Wildman–Crippen MR) is 86.0 cm³/mol. The van der Waals surface area contributed by atoms with Crippen LogP contribution in [-0.2, 0) is 13.1 Å². The highest BCUT2D eigenvalue weighted by molar-refractivity contribution is 5.11. The fraction of sp³-hybridized carbons (Fsp3) is 0.529. The molecule has 2 fully saturated rings. The number of nitrogens with zero attached hydrogens (tertiary/aromatic N) is 5. The molecule has 23 heavy (non-hydrogen) atoms. The van der Waals surface area contributed by atoms with E-state index in [2.05, 4.69) is 20.0 Å². The van der Waals surface area contributed by atoms with Crippen molar-refractivity contribution in [3.05, 3.63) is 52.0 Å². The first-order chi connectivity index (χ1) is 11.2. The van der Waals surface area contributed by atoms with Crippen LogP contribution >= 0.6 is 0 Å². The summed E-state index contributed by atoms with van der Waals surface area (Å²) < 4.78 is 1.59. The third kappa shape index (κ3) is 3.32. The maximum Gasteiger partial charge on any atom is 0.266 e. The van der Waals surface area contributed by atoms with Crippen molar-refractivity contribution in [3.8, 4) is 0 Å². The fourth-order valence-corrected chi connectivity index (χ4v) is 3.10. The summed E-state index contributed by atoms with van der Waals surface area (Å²) in [6.07, 6.45) is 6.39. The van der Waals surface area contributed by atoms with E-state index < -0.39 is 0 Å². The smallest absolute Gasteiger partial charge is 0.266 e. The molecule has 1 saturated heterocycles. The van der Waals surface area contributed by atoms with Crippen molar-refractivity contribution >= 4 is 0 Å². The molecule has 1 aliphatic heterocycles. The minimum atomic E-state index is -0.0156. The van der Waals surface area contributed by atoms with E-state index in [0.717, 1.165) is 31.2 Å². The number of aromatic nitrogens is 4. The zero-order valence-corrected chi connectivity index (χ0v) is 13.4. The van der Waals surface area contributed by atoms with Crippen LogP contribution < -0.4 is 5.56 Å². The Bertz CT molecular complexity index is 744. The Balaban J connectivity index is 1.29. The van der Waals surface area contributed by atoms with Crippen molar-refractivity contribution in [2.75, 3.05) is 13.1 Å². The Morgan fingerprint density at radius 1 is 1.17 bits per heavy atom. The van der Waals surface area contributed by atoms with E-state index in [1.807, 2.05) is 19.3 Å². The molecule has 0 radical (unpaired) electrons. The second-order valence-electron chi connectivity index (χ2n) is 6.78. The van der Waals surface area contributed by atoms with Gasteiger partial charge in [-0.1, -0.05) is 0 Å². The summed E-state index contributed by atoms with van der Waals surface area (Å²) in [6, 6.07) is 3.36. The lowest BCUT2D eigenvalue weighted by Crippen LogP contribution is -2.48. The monoisotopic (exact) mass is 311 g/mol. The molecule has 6 nitrogen and oxygen atoms in total. The quantitative estimate of drug-likeness (QED) is 0.834. The van der Waals surface area contributed by atoms with E-state index in [0.29, 0.717) is 18.4 Å². The maximum atomic E-state index is 11.8. The van der Waals surface area contributed by atoms with Gasteiger partial charge in [0.2, 0.25) is 0 Å². The molecule has 6 heteroatoms. The zero-order valence-electron chi connectivity index (χ0n) is 13.4. The van der Waals surface area contributed by atoms with Gasteiger partial charge in [-0.05, 0) is 25.8 Å². The van der Waals surface area contributed by atoms with Crippen LogP contribution in [0.5, 0.6) is 0 Å². The van der Waals surface area contributed by atoms with Crippen LogP contribution in [0.15, 0.2) is 29.3 Å². The van der Waals surface area contributed by atoms with Gasteiger partial charge in [0, 0.05) is 55.5 Å². The van der Waals surface area contributed by atoms with E-state index in [1.165, 1.54) is 18.4 Å². The molecule has 2 aromatic heterocycles. The topological polar surface area (TPSA) is 63.9 Å². The summed E-state index contributed by atoms with van der Waals surface area (Å²) in [7, 11) is 0. The highest BCUT2D eigenvalue weighted by Gasteiger charge is 2.28. The summed E-state index contributed by atoms with van der Waals surface area (Å²) >= 11 is 0. The van der Waals surface area contributed by atoms with Crippen LogP contribution in [0.25, 0.3) is 0 Å². The highest BCUT2D eigenvalue weighted by Crippen LogP contribution is 2.37. The van der Waals surface area contributed by atoms with Gasteiger partial charge in [0.1, 0.15) is 5.82 Å². The predicted octanol–water partition coefficient (Wildman–Crippen LogP) is 1.35. The van der Waals surface area contributed by atoms with E-state index in [1.54, 1.807) is 16.8 Å². The SMILES string of the molecule is Cc1ccc(=O)n(CC2CN(Cc3cnc(C4CC4)nc3)C2)n1. The van der Waals surface area contributed by atoms with Crippen LogP contribution in [-0.4, -0.2) is 37.7 Å². The minimum absolute atomic E-state index is 0.0156. The molecule has 4 rings (SSSR count).